The van der Waals surface area contributed by atoms with Gasteiger partial charge in [0.1, 0.15) is 0 Å². The van der Waals surface area contributed by atoms with E-state index in [-0.39, 0.29) is 5.91 Å². The number of nitrogens with two attached hydrogens (primary N) is 1. The Morgan fingerprint density at radius 1 is 1.45 bits per heavy atom. The summed E-state index contributed by atoms with van der Waals surface area (Å²) in [5.74, 6) is 0.540. The lowest BCUT2D eigenvalue weighted by Gasteiger charge is -2.29. The number of nitrogen functional groups attached to an aromatic ring is 1. The molecule has 0 radical (unpaired) electrons. The molecular weight excluding hydrogens is 250 g/mol. The van der Waals surface area contributed by atoms with E-state index >= 15 is 0 Å². The van der Waals surface area contributed by atoms with Crippen LogP contribution in [0, 0.1) is 5.92 Å². The number of nitrogens with one attached hydrogen (secondary N) is 1. The lowest BCUT2D eigenvalue weighted by molar-refractivity contribution is -0.116. The Hall–Kier alpha value is -1.81. The lowest BCUT2D eigenvalue weighted by Crippen LogP contribution is -2.38. The van der Waals surface area contributed by atoms with Crippen molar-refractivity contribution in [1.82, 2.24) is 10.2 Å². The van der Waals surface area contributed by atoms with E-state index in [9.17, 15) is 4.79 Å². The second-order valence-corrected chi connectivity index (χ2v) is 5.52. The van der Waals surface area contributed by atoms with Gasteiger partial charge in [-0.2, -0.15) is 0 Å². The predicted octanol–water partition coefficient (Wildman–Crippen LogP) is 1.74. The molecule has 1 aromatic carbocycles. The Morgan fingerprint density at radius 2 is 2.20 bits per heavy atom. The van der Waals surface area contributed by atoms with E-state index in [4.69, 9.17) is 5.73 Å². The number of piperidine rings is 1. The number of hydrogen-bond acceptors (Lipinski definition) is 3. The molecule has 1 aromatic rings. The highest BCUT2D eigenvalue weighted by Gasteiger charge is 2.16. The molecule has 1 amide bonds. The van der Waals surface area contributed by atoms with Crippen LogP contribution in [-0.2, 0) is 4.79 Å². The van der Waals surface area contributed by atoms with Gasteiger partial charge in [0, 0.05) is 24.9 Å². The van der Waals surface area contributed by atoms with Crippen molar-refractivity contribution in [3.05, 3.63) is 35.9 Å². The number of anilines is 1. The van der Waals surface area contributed by atoms with Crippen LogP contribution in [0.5, 0.6) is 0 Å². The molecule has 4 nitrogen and oxygen atoms in total. The molecule has 0 aliphatic carbocycles. The third kappa shape index (κ3) is 4.70. The molecule has 1 fully saturated rings. The summed E-state index contributed by atoms with van der Waals surface area (Å²) < 4.78 is 0. The molecule has 1 saturated heterocycles. The summed E-state index contributed by atoms with van der Waals surface area (Å²) in [6.45, 7) is 3.00. The van der Waals surface area contributed by atoms with Crippen LogP contribution >= 0.6 is 0 Å². The fraction of sp³-hybridized carbons (Fsp3) is 0.438. The Labute approximate surface area is 120 Å². The lowest BCUT2D eigenvalue weighted by atomic mass is 9.98. The molecule has 1 aliphatic rings. The maximum atomic E-state index is 11.8. The van der Waals surface area contributed by atoms with Gasteiger partial charge in [0.15, 0.2) is 0 Å². The minimum absolute atomic E-state index is 0.0324. The predicted molar refractivity (Wildman–Crippen MR) is 83.1 cm³/mol. The van der Waals surface area contributed by atoms with Crippen molar-refractivity contribution in [3.63, 3.8) is 0 Å². The van der Waals surface area contributed by atoms with Crippen LogP contribution in [-0.4, -0.2) is 37.5 Å². The van der Waals surface area contributed by atoms with Crippen molar-refractivity contribution in [2.24, 2.45) is 5.92 Å². The number of nitrogens with zero attached hydrogens (tertiary/aromatic N) is 1. The number of rotatable bonds is 4. The molecule has 1 heterocycles. The minimum Gasteiger partial charge on any atom is -0.399 e. The average molecular weight is 273 g/mol. The first-order chi connectivity index (χ1) is 9.63. The van der Waals surface area contributed by atoms with Crippen LogP contribution in [0.2, 0.25) is 0 Å². The van der Waals surface area contributed by atoms with Gasteiger partial charge in [-0.3, -0.25) is 4.79 Å². The summed E-state index contributed by atoms with van der Waals surface area (Å²) in [6, 6.07) is 7.45. The van der Waals surface area contributed by atoms with Crippen LogP contribution in [0.3, 0.4) is 0 Å². The van der Waals surface area contributed by atoms with Gasteiger partial charge in [-0.05, 0) is 56.1 Å². The molecule has 108 valence electrons. The molecule has 0 spiro atoms. The first-order valence-electron chi connectivity index (χ1n) is 7.13. The number of likely N-dealkylation sites (tertiary alicyclic amines) is 1. The van der Waals surface area contributed by atoms with Crippen molar-refractivity contribution in [2.45, 2.75) is 12.8 Å². The molecular formula is C16H23N3O. The van der Waals surface area contributed by atoms with E-state index in [2.05, 4.69) is 17.3 Å². The molecule has 0 bridgehead atoms. The van der Waals surface area contributed by atoms with Gasteiger partial charge < -0.3 is 16.0 Å². The largest absolute Gasteiger partial charge is 0.399 e. The van der Waals surface area contributed by atoms with Crippen LogP contribution in [0.1, 0.15) is 18.4 Å². The summed E-state index contributed by atoms with van der Waals surface area (Å²) in [4.78, 5) is 14.1. The first-order valence-corrected chi connectivity index (χ1v) is 7.13. The van der Waals surface area contributed by atoms with Crippen molar-refractivity contribution in [3.8, 4) is 0 Å². The molecule has 3 N–H and O–H groups in total. The summed E-state index contributed by atoms with van der Waals surface area (Å²) in [6.07, 6.45) is 5.81. The zero-order valence-corrected chi connectivity index (χ0v) is 12.0. The number of carbonyl (C=O) groups excluding carboxylic acids is 1. The van der Waals surface area contributed by atoms with Crippen molar-refractivity contribution < 1.29 is 4.79 Å². The monoisotopic (exact) mass is 273 g/mol. The van der Waals surface area contributed by atoms with Crippen molar-refractivity contribution in [2.75, 3.05) is 32.4 Å². The number of hydrogen-bond donors (Lipinski definition) is 2. The summed E-state index contributed by atoms with van der Waals surface area (Å²) in [5.41, 5.74) is 7.32. The average Bonchev–Trinajstić information content (AvgIpc) is 2.45. The van der Waals surface area contributed by atoms with Gasteiger partial charge in [-0.25, -0.2) is 0 Å². The highest BCUT2D eigenvalue weighted by atomic mass is 16.1. The van der Waals surface area contributed by atoms with E-state index in [0.717, 1.165) is 24.3 Å². The summed E-state index contributed by atoms with van der Waals surface area (Å²) in [5, 5.41) is 2.98. The van der Waals surface area contributed by atoms with Gasteiger partial charge in [0.05, 0.1) is 0 Å². The quantitative estimate of drug-likeness (QED) is 0.649. The van der Waals surface area contributed by atoms with Crippen LogP contribution < -0.4 is 11.1 Å². The fourth-order valence-corrected chi connectivity index (χ4v) is 2.52. The van der Waals surface area contributed by atoms with Gasteiger partial charge in [0.25, 0.3) is 0 Å². The Kier molecular flexibility index (Phi) is 5.18. The number of benzene rings is 1. The molecule has 0 saturated carbocycles. The van der Waals surface area contributed by atoms with E-state index in [1.807, 2.05) is 30.3 Å². The second kappa shape index (κ2) is 7.10. The second-order valence-electron chi connectivity index (χ2n) is 5.52. The molecule has 4 heteroatoms. The number of amides is 1. The third-order valence-electron chi connectivity index (χ3n) is 3.65. The van der Waals surface area contributed by atoms with Gasteiger partial charge >= 0.3 is 0 Å². The minimum atomic E-state index is -0.0324. The SMILES string of the molecule is CN1CCCC(CNC(=O)/C=C/c2ccc(N)cc2)C1. The number of carbonyl (C=O) groups is 1. The Balaban J connectivity index is 1.76. The highest BCUT2D eigenvalue weighted by molar-refractivity contribution is 5.91. The van der Waals surface area contributed by atoms with E-state index in [1.54, 1.807) is 6.08 Å². The Bertz CT molecular complexity index is 467. The van der Waals surface area contributed by atoms with E-state index in [0.29, 0.717) is 5.92 Å². The molecule has 20 heavy (non-hydrogen) atoms. The molecule has 0 aromatic heterocycles. The molecule has 1 unspecified atom stereocenters. The summed E-state index contributed by atoms with van der Waals surface area (Å²) >= 11 is 0. The van der Waals surface area contributed by atoms with Crippen LogP contribution in [0.4, 0.5) is 5.69 Å². The topological polar surface area (TPSA) is 58.4 Å². The van der Waals surface area contributed by atoms with Crippen LogP contribution in [0.15, 0.2) is 30.3 Å². The highest BCUT2D eigenvalue weighted by Crippen LogP contribution is 2.13. The van der Waals surface area contributed by atoms with E-state index < -0.39 is 0 Å². The van der Waals surface area contributed by atoms with Crippen molar-refractivity contribution in [1.29, 1.82) is 0 Å². The Morgan fingerprint density at radius 3 is 2.90 bits per heavy atom. The molecule has 1 aliphatic heterocycles. The first kappa shape index (κ1) is 14.6. The summed E-state index contributed by atoms with van der Waals surface area (Å²) in [7, 11) is 2.13. The van der Waals surface area contributed by atoms with Crippen LogP contribution in [0.25, 0.3) is 6.08 Å². The molecule has 1 atom stereocenters. The van der Waals surface area contributed by atoms with Gasteiger partial charge in [-0.1, -0.05) is 12.1 Å². The normalized spacial score (nSPS) is 20.1. The van der Waals surface area contributed by atoms with Gasteiger partial charge in [0.2, 0.25) is 5.91 Å². The smallest absolute Gasteiger partial charge is 0.244 e. The maximum absolute atomic E-state index is 11.8. The molecule has 2 rings (SSSR count). The third-order valence-corrected chi connectivity index (χ3v) is 3.65. The van der Waals surface area contributed by atoms with Gasteiger partial charge in [-0.15, -0.1) is 0 Å². The maximum Gasteiger partial charge on any atom is 0.244 e. The fourth-order valence-electron chi connectivity index (χ4n) is 2.52. The standard InChI is InChI=1S/C16H23N3O/c1-19-10-2-3-14(12-19)11-18-16(20)9-6-13-4-7-15(17)8-5-13/h4-9,14H,2-3,10-12,17H2,1H3,(H,18,20)/b9-6+. The zero-order valence-electron chi connectivity index (χ0n) is 12.0. The van der Waals surface area contributed by atoms with E-state index in [1.165, 1.54) is 19.4 Å². The van der Waals surface area contributed by atoms with Crippen molar-refractivity contribution >= 4 is 17.7 Å². The zero-order chi connectivity index (χ0) is 14.4.